The van der Waals surface area contributed by atoms with Crippen molar-refractivity contribution in [1.29, 1.82) is 0 Å². The minimum absolute atomic E-state index is 0.777. The smallest absolute Gasteiger partial charge is 0.0698 e. The quantitative estimate of drug-likeness (QED) is 0.794. The van der Waals surface area contributed by atoms with Crippen LogP contribution in [0.1, 0.15) is 18.2 Å². The second-order valence-electron chi connectivity index (χ2n) is 4.66. The largest absolute Gasteiger partial charge is 0.381 e. The fourth-order valence-electron chi connectivity index (χ4n) is 1.92. The number of hydrogen-bond donors (Lipinski definition) is 1. The lowest BCUT2D eigenvalue weighted by atomic mass is 10.1. The maximum absolute atomic E-state index is 4.35. The Balaban J connectivity index is 1.92. The van der Waals surface area contributed by atoms with Gasteiger partial charge in [0.2, 0.25) is 0 Å². The van der Waals surface area contributed by atoms with E-state index >= 15 is 0 Å². The van der Waals surface area contributed by atoms with Crippen molar-refractivity contribution in [1.82, 2.24) is 10.3 Å². The lowest BCUT2D eigenvalue weighted by Gasteiger charge is -2.06. The van der Waals surface area contributed by atoms with Gasteiger partial charge in [0.1, 0.15) is 0 Å². The Bertz CT molecular complexity index is 625. The fourth-order valence-corrected chi connectivity index (χ4v) is 1.92. The second kappa shape index (κ2) is 7.85. The summed E-state index contributed by atoms with van der Waals surface area (Å²) in [5, 5.41) is 3.30. The lowest BCUT2D eigenvalue weighted by molar-refractivity contribution is 0.837. The zero-order chi connectivity index (χ0) is 14.9. The summed E-state index contributed by atoms with van der Waals surface area (Å²) in [6.45, 7) is 6.81. The van der Waals surface area contributed by atoms with E-state index in [1.807, 2.05) is 61.5 Å². The molecule has 0 bridgehead atoms. The van der Waals surface area contributed by atoms with E-state index in [9.17, 15) is 0 Å². The number of allylic oxidation sites excluding steroid dienone is 4. The summed E-state index contributed by atoms with van der Waals surface area (Å²) in [5.74, 6) is 0. The SMILES string of the molecule is C=C(/C=C\C(=C/C)c1ccccn1)NCc1ccccc1. The van der Waals surface area contributed by atoms with E-state index in [-0.39, 0.29) is 0 Å². The van der Waals surface area contributed by atoms with Gasteiger partial charge in [-0.1, -0.05) is 55.1 Å². The maximum atomic E-state index is 4.35. The van der Waals surface area contributed by atoms with Gasteiger partial charge in [0.15, 0.2) is 0 Å². The van der Waals surface area contributed by atoms with Gasteiger partial charge in [0, 0.05) is 18.4 Å². The van der Waals surface area contributed by atoms with Crippen molar-refractivity contribution in [3.63, 3.8) is 0 Å². The van der Waals surface area contributed by atoms with Crippen molar-refractivity contribution in [3.8, 4) is 0 Å². The first-order valence-corrected chi connectivity index (χ1v) is 7.02. The number of nitrogens with zero attached hydrogens (tertiary/aromatic N) is 1. The molecule has 0 aliphatic heterocycles. The van der Waals surface area contributed by atoms with Crippen LogP contribution >= 0.6 is 0 Å². The molecule has 0 unspecified atom stereocenters. The summed E-state index contributed by atoms with van der Waals surface area (Å²) in [5.41, 5.74) is 4.17. The molecular formula is C19H20N2. The molecule has 0 radical (unpaired) electrons. The van der Waals surface area contributed by atoms with E-state index in [0.717, 1.165) is 23.5 Å². The van der Waals surface area contributed by atoms with E-state index < -0.39 is 0 Å². The summed E-state index contributed by atoms with van der Waals surface area (Å²) < 4.78 is 0. The molecule has 1 aromatic heterocycles. The summed E-state index contributed by atoms with van der Waals surface area (Å²) in [6.07, 6.45) is 7.86. The van der Waals surface area contributed by atoms with E-state index in [0.29, 0.717) is 0 Å². The third-order valence-corrected chi connectivity index (χ3v) is 3.10. The van der Waals surface area contributed by atoms with Gasteiger partial charge in [-0.05, 0) is 36.3 Å². The molecule has 2 rings (SSSR count). The van der Waals surface area contributed by atoms with Crippen molar-refractivity contribution in [2.75, 3.05) is 0 Å². The molecule has 0 aliphatic carbocycles. The van der Waals surface area contributed by atoms with Crippen LogP contribution in [0, 0.1) is 0 Å². The molecule has 1 heterocycles. The first kappa shape index (κ1) is 14.8. The predicted molar refractivity (Wildman–Crippen MR) is 89.4 cm³/mol. The van der Waals surface area contributed by atoms with Crippen LogP contribution in [-0.4, -0.2) is 4.98 Å². The van der Waals surface area contributed by atoms with E-state index in [4.69, 9.17) is 0 Å². The van der Waals surface area contributed by atoms with E-state index in [2.05, 4.69) is 29.0 Å². The van der Waals surface area contributed by atoms with Gasteiger partial charge in [0.25, 0.3) is 0 Å². The summed E-state index contributed by atoms with van der Waals surface area (Å²) in [7, 11) is 0. The van der Waals surface area contributed by atoms with E-state index in [1.165, 1.54) is 5.56 Å². The average Bonchev–Trinajstić information content (AvgIpc) is 2.55. The molecule has 1 aromatic carbocycles. The van der Waals surface area contributed by atoms with Crippen LogP contribution in [0.5, 0.6) is 0 Å². The molecule has 106 valence electrons. The summed E-state index contributed by atoms with van der Waals surface area (Å²) >= 11 is 0. The lowest BCUT2D eigenvalue weighted by Crippen LogP contribution is -2.09. The normalized spacial score (nSPS) is 11.6. The van der Waals surface area contributed by atoms with Crippen molar-refractivity contribution in [2.24, 2.45) is 0 Å². The highest BCUT2D eigenvalue weighted by atomic mass is 14.9. The third kappa shape index (κ3) is 4.77. The van der Waals surface area contributed by atoms with Crippen LogP contribution in [0.2, 0.25) is 0 Å². The minimum atomic E-state index is 0.777. The van der Waals surface area contributed by atoms with Crippen LogP contribution in [-0.2, 0) is 6.54 Å². The van der Waals surface area contributed by atoms with Crippen LogP contribution in [0.3, 0.4) is 0 Å². The zero-order valence-electron chi connectivity index (χ0n) is 12.3. The molecular weight excluding hydrogens is 256 g/mol. The first-order chi connectivity index (χ1) is 10.3. The Morgan fingerprint density at radius 2 is 1.86 bits per heavy atom. The van der Waals surface area contributed by atoms with Crippen molar-refractivity contribution in [3.05, 3.63) is 96.5 Å². The maximum Gasteiger partial charge on any atom is 0.0698 e. The van der Waals surface area contributed by atoms with Crippen LogP contribution in [0.4, 0.5) is 0 Å². The fraction of sp³-hybridized carbons (Fsp3) is 0.105. The van der Waals surface area contributed by atoms with Crippen LogP contribution < -0.4 is 5.32 Å². The average molecular weight is 276 g/mol. The van der Waals surface area contributed by atoms with E-state index in [1.54, 1.807) is 6.20 Å². The highest BCUT2D eigenvalue weighted by Gasteiger charge is 1.97. The van der Waals surface area contributed by atoms with Crippen LogP contribution in [0.15, 0.2) is 85.2 Å². The molecule has 21 heavy (non-hydrogen) atoms. The molecule has 0 aliphatic rings. The second-order valence-corrected chi connectivity index (χ2v) is 4.66. The van der Waals surface area contributed by atoms with Gasteiger partial charge in [-0.25, -0.2) is 0 Å². The molecule has 0 atom stereocenters. The Labute approximate surface area is 126 Å². The number of nitrogens with one attached hydrogen (secondary N) is 1. The Morgan fingerprint density at radius 3 is 2.52 bits per heavy atom. The van der Waals surface area contributed by atoms with Gasteiger partial charge in [-0.15, -0.1) is 0 Å². The molecule has 1 N–H and O–H groups in total. The summed E-state index contributed by atoms with van der Waals surface area (Å²) in [4.78, 5) is 4.35. The number of rotatable bonds is 6. The van der Waals surface area contributed by atoms with Gasteiger partial charge in [-0.2, -0.15) is 0 Å². The molecule has 0 amide bonds. The summed E-state index contributed by atoms with van der Waals surface area (Å²) in [6, 6.07) is 16.2. The minimum Gasteiger partial charge on any atom is -0.381 e. The molecule has 0 saturated heterocycles. The molecule has 0 fully saturated rings. The predicted octanol–water partition coefficient (Wildman–Crippen LogP) is 4.34. The topological polar surface area (TPSA) is 24.9 Å². The van der Waals surface area contributed by atoms with Gasteiger partial charge >= 0.3 is 0 Å². The third-order valence-electron chi connectivity index (χ3n) is 3.10. The highest BCUT2D eigenvalue weighted by Crippen LogP contribution is 2.13. The Hall–Kier alpha value is -2.61. The monoisotopic (exact) mass is 276 g/mol. The number of benzene rings is 1. The van der Waals surface area contributed by atoms with Gasteiger partial charge < -0.3 is 5.32 Å². The highest BCUT2D eigenvalue weighted by molar-refractivity contribution is 5.71. The number of pyridine rings is 1. The number of aromatic nitrogens is 1. The molecule has 2 heteroatoms. The number of hydrogen-bond acceptors (Lipinski definition) is 2. The van der Waals surface area contributed by atoms with Crippen LogP contribution in [0.25, 0.3) is 5.57 Å². The molecule has 0 spiro atoms. The van der Waals surface area contributed by atoms with Crippen molar-refractivity contribution in [2.45, 2.75) is 13.5 Å². The van der Waals surface area contributed by atoms with Gasteiger partial charge in [-0.3, -0.25) is 4.98 Å². The van der Waals surface area contributed by atoms with Crippen molar-refractivity contribution < 1.29 is 0 Å². The van der Waals surface area contributed by atoms with Gasteiger partial charge in [0.05, 0.1) is 5.69 Å². The standard InChI is InChI=1S/C19H20N2/c1-3-18(19-11-7-8-14-20-19)13-12-16(2)21-15-17-9-5-4-6-10-17/h3-14,21H,2,15H2,1H3/b13-12-,18-3+. The molecule has 0 saturated carbocycles. The first-order valence-electron chi connectivity index (χ1n) is 7.02. The Morgan fingerprint density at radius 1 is 1.10 bits per heavy atom. The van der Waals surface area contributed by atoms with Crippen molar-refractivity contribution >= 4 is 5.57 Å². The molecule has 2 nitrogen and oxygen atoms in total. The zero-order valence-corrected chi connectivity index (χ0v) is 12.3. The Kier molecular flexibility index (Phi) is 5.53. The molecule has 2 aromatic rings.